The summed E-state index contributed by atoms with van der Waals surface area (Å²) >= 11 is 0. The van der Waals surface area contributed by atoms with Crippen molar-refractivity contribution in [3.8, 4) is 0 Å². The van der Waals surface area contributed by atoms with Gasteiger partial charge in [-0.05, 0) is 18.0 Å². The number of hydrogen-bond donors (Lipinski definition) is 1. The Morgan fingerprint density at radius 3 is 2.35 bits per heavy atom. The minimum Gasteiger partial charge on any atom is -0.344 e. The fourth-order valence-corrected chi connectivity index (χ4v) is 2.52. The van der Waals surface area contributed by atoms with Gasteiger partial charge in [0.1, 0.15) is 0 Å². The van der Waals surface area contributed by atoms with Crippen molar-refractivity contribution in [2.75, 3.05) is 25.5 Å². The normalized spacial score (nSPS) is 19.9. The molecule has 0 aliphatic heterocycles. The highest BCUT2D eigenvalue weighted by Gasteiger charge is 2.37. The highest BCUT2D eigenvalue weighted by molar-refractivity contribution is 5.25. The van der Waals surface area contributed by atoms with Crippen LogP contribution in [0.5, 0.6) is 0 Å². The zero-order valence-electron chi connectivity index (χ0n) is 10.8. The van der Waals surface area contributed by atoms with E-state index in [9.17, 15) is 0 Å². The Morgan fingerprint density at radius 1 is 1.24 bits per heavy atom. The van der Waals surface area contributed by atoms with Crippen molar-refractivity contribution in [3.63, 3.8) is 0 Å². The van der Waals surface area contributed by atoms with Crippen LogP contribution in [0.3, 0.4) is 0 Å². The highest BCUT2D eigenvalue weighted by atomic mass is 16.5. The van der Waals surface area contributed by atoms with Crippen LogP contribution in [-0.4, -0.2) is 30.8 Å². The average molecular weight is 238 g/mol. The minimum atomic E-state index is -0.0856. The maximum absolute atomic E-state index is 5.98. The molecular formula is C12H22N4O. The van der Waals surface area contributed by atoms with Gasteiger partial charge in [-0.3, -0.25) is 0 Å². The van der Waals surface area contributed by atoms with Crippen LogP contribution >= 0.6 is 0 Å². The summed E-state index contributed by atoms with van der Waals surface area (Å²) < 4.78 is 5.43. The van der Waals surface area contributed by atoms with Gasteiger partial charge >= 0.3 is 0 Å². The smallest absolute Gasteiger partial charge is 0.265 e. The molecule has 0 spiro atoms. The molecule has 17 heavy (non-hydrogen) atoms. The molecule has 2 N–H and O–H groups in total. The number of aromatic nitrogens is 2. The summed E-state index contributed by atoms with van der Waals surface area (Å²) in [4.78, 5) is 6.34. The van der Waals surface area contributed by atoms with Gasteiger partial charge in [0, 0.05) is 20.6 Å². The monoisotopic (exact) mass is 238 g/mol. The number of nitrogens with two attached hydrogens (primary N) is 1. The van der Waals surface area contributed by atoms with E-state index in [1.54, 1.807) is 0 Å². The van der Waals surface area contributed by atoms with Gasteiger partial charge in [-0.15, -0.1) is 0 Å². The van der Waals surface area contributed by atoms with E-state index in [1.807, 2.05) is 19.0 Å². The summed E-state index contributed by atoms with van der Waals surface area (Å²) in [5.74, 6) is 1.36. The fraction of sp³-hybridized carbons (Fsp3) is 0.833. The van der Waals surface area contributed by atoms with E-state index in [4.69, 9.17) is 10.3 Å². The summed E-state index contributed by atoms with van der Waals surface area (Å²) in [5.41, 5.74) is 5.90. The van der Waals surface area contributed by atoms with Gasteiger partial charge in [-0.25, -0.2) is 0 Å². The Labute approximate surface area is 102 Å². The van der Waals surface area contributed by atoms with E-state index in [2.05, 4.69) is 10.1 Å². The molecular weight excluding hydrogens is 216 g/mol. The molecule has 0 amide bonds. The number of hydrogen-bond acceptors (Lipinski definition) is 5. The molecule has 1 aliphatic rings. The second-order valence-corrected chi connectivity index (χ2v) is 5.19. The van der Waals surface area contributed by atoms with E-state index in [0.717, 1.165) is 18.7 Å². The SMILES string of the molecule is CN(C)c1noc(C2(CN)CCCCCC2)n1. The lowest BCUT2D eigenvalue weighted by molar-refractivity contribution is 0.257. The van der Waals surface area contributed by atoms with Crippen molar-refractivity contribution in [2.45, 2.75) is 43.9 Å². The number of rotatable bonds is 3. The number of anilines is 1. The zero-order chi connectivity index (χ0) is 12.3. The van der Waals surface area contributed by atoms with Crippen LogP contribution in [0.15, 0.2) is 4.52 Å². The van der Waals surface area contributed by atoms with E-state index >= 15 is 0 Å². The first kappa shape index (κ1) is 12.4. The van der Waals surface area contributed by atoms with Crippen molar-refractivity contribution in [3.05, 3.63) is 5.89 Å². The van der Waals surface area contributed by atoms with Crippen LogP contribution < -0.4 is 10.6 Å². The van der Waals surface area contributed by atoms with Crippen LogP contribution in [0.1, 0.15) is 44.4 Å². The third-order valence-electron chi connectivity index (χ3n) is 3.72. The maximum atomic E-state index is 5.98. The molecule has 1 heterocycles. The first-order chi connectivity index (χ1) is 8.18. The van der Waals surface area contributed by atoms with E-state index < -0.39 is 0 Å². The van der Waals surface area contributed by atoms with E-state index in [0.29, 0.717) is 12.5 Å². The van der Waals surface area contributed by atoms with Crippen LogP contribution in [0.2, 0.25) is 0 Å². The zero-order valence-corrected chi connectivity index (χ0v) is 10.8. The Balaban J connectivity index is 2.25. The molecule has 5 nitrogen and oxygen atoms in total. The van der Waals surface area contributed by atoms with Gasteiger partial charge in [0.05, 0.1) is 5.41 Å². The van der Waals surface area contributed by atoms with Crippen molar-refractivity contribution in [1.29, 1.82) is 0 Å². The minimum absolute atomic E-state index is 0.0856. The topological polar surface area (TPSA) is 68.2 Å². The van der Waals surface area contributed by atoms with E-state index in [1.165, 1.54) is 25.7 Å². The van der Waals surface area contributed by atoms with Gasteiger partial charge in [-0.2, -0.15) is 4.98 Å². The van der Waals surface area contributed by atoms with Crippen molar-refractivity contribution < 1.29 is 4.52 Å². The lowest BCUT2D eigenvalue weighted by Crippen LogP contribution is -2.35. The highest BCUT2D eigenvalue weighted by Crippen LogP contribution is 2.37. The standard InChI is InChI=1S/C12H22N4O/c1-16(2)11-14-10(17-15-11)12(9-13)7-5-3-4-6-8-12/h3-9,13H2,1-2H3. The lowest BCUT2D eigenvalue weighted by atomic mass is 9.80. The molecule has 0 unspecified atom stereocenters. The van der Waals surface area contributed by atoms with E-state index in [-0.39, 0.29) is 5.41 Å². The molecule has 0 atom stereocenters. The molecule has 96 valence electrons. The third kappa shape index (κ3) is 2.44. The first-order valence-corrected chi connectivity index (χ1v) is 6.39. The summed E-state index contributed by atoms with van der Waals surface area (Å²) in [7, 11) is 3.83. The van der Waals surface area contributed by atoms with Gasteiger partial charge in [0.15, 0.2) is 0 Å². The first-order valence-electron chi connectivity index (χ1n) is 6.39. The van der Waals surface area contributed by atoms with Crippen molar-refractivity contribution in [1.82, 2.24) is 10.1 Å². The van der Waals surface area contributed by atoms with Crippen LogP contribution in [0.25, 0.3) is 0 Å². The van der Waals surface area contributed by atoms with Gasteiger partial charge in [0.25, 0.3) is 5.95 Å². The van der Waals surface area contributed by atoms with Crippen LogP contribution in [0.4, 0.5) is 5.95 Å². The van der Waals surface area contributed by atoms with Crippen LogP contribution in [0, 0.1) is 0 Å². The largest absolute Gasteiger partial charge is 0.344 e. The molecule has 0 saturated heterocycles. The summed E-state index contributed by atoms with van der Waals surface area (Å²) in [6, 6.07) is 0. The molecule has 0 aromatic carbocycles. The second kappa shape index (κ2) is 5.04. The molecule has 2 rings (SSSR count). The van der Waals surface area contributed by atoms with Crippen molar-refractivity contribution in [2.24, 2.45) is 5.73 Å². The quantitative estimate of drug-likeness (QED) is 0.811. The molecule has 1 saturated carbocycles. The second-order valence-electron chi connectivity index (χ2n) is 5.19. The third-order valence-corrected chi connectivity index (χ3v) is 3.72. The Kier molecular flexibility index (Phi) is 3.66. The predicted molar refractivity (Wildman–Crippen MR) is 67.1 cm³/mol. The van der Waals surface area contributed by atoms with Gasteiger partial charge in [0.2, 0.25) is 5.89 Å². The summed E-state index contributed by atoms with van der Waals surface area (Å²) in [5, 5.41) is 4.00. The lowest BCUT2D eigenvalue weighted by Gasteiger charge is -2.26. The molecule has 5 heteroatoms. The fourth-order valence-electron chi connectivity index (χ4n) is 2.52. The Bertz CT molecular complexity index is 353. The van der Waals surface area contributed by atoms with Gasteiger partial charge < -0.3 is 15.2 Å². The molecule has 1 aromatic rings. The summed E-state index contributed by atoms with van der Waals surface area (Å²) in [6.45, 7) is 0.599. The molecule has 1 aromatic heterocycles. The average Bonchev–Trinajstić information content (AvgIpc) is 2.70. The van der Waals surface area contributed by atoms with Crippen molar-refractivity contribution >= 4 is 5.95 Å². The predicted octanol–water partition coefficient (Wildman–Crippen LogP) is 1.69. The Morgan fingerprint density at radius 2 is 1.88 bits per heavy atom. The number of nitrogens with zero attached hydrogens (tertiary/aromatic N) is 3. The molecule has 1 aliphatic carbocycles. The summed E-state index contributed by atoms with van der Waals surface area (Å²) in [6.07, 6.45) is 7.12. The molecule has 0 radical (unpaired) electrons. The Hall–Kier alpha value is -1.10. The molecule has 1 fully saturated rings. The molecule has 0 bridgehead atoms. The van der Waals surface area contributed by atoms with Gasteiger partial charge in [-0.1, -0.05) is 25.7 Å². The maximum Gasteiger partial charge on any atom is 0.265 e. The van der Waals surface area contributed by atoms with Crippen LogP contribution in [-0.2, 0) is 5.41 Å².